The monoisotopic (exact) mass is 319 g/mol. The average molecular weight is 319 g/mol. The topological polar surface area (TPSA) is 59.8 Å². The molecular weight excluding hydrogens is 300 g/mol. The number of nitro benzene ring substituents is 1. The van der Waals surface area contributed by atoms with E-state index in [1.54, 1.807) is 12.1 Å². The van der Waals surface area contributed by atoms with Crippen LogP contribution >= 0.6 is 0 Å². The first-order valence-corrected chi connectivity index (χ1v) is 7.90. The molecule has 0 saturated heterocycles. The molecule has 0 saturated carbocycles. The number of nitrogens with two attached hydrogens (primary N) is 1. The summed E-state index contributed by atoms with van der Waals surface area (Å²) in [6, 6.07) is 27.7. The molecule has 0 bridgehead atoms. The van der Waals surface area contributed by atoms with Crippen LogP contribution in [0.5, 0.6) is 0 Å². The Hall–Kier alpha value is -2.98. The quantitative estimate of drug-likeness (QED) is 0.559. The number of nitrogens with zero attached hydrogens (tertiary/aromatic N) is 1. The first kappa shape index (κ1) is 15.9. The van der Waals surface area contributed by atoms with Crippen LogP contribution in [0.1, 0.15) is 22.7 Å². The summed E-state index contributed by atoms with van der Waals surface area (Å²) in [5, 5.41) is 13.0. The lowest BCUT2D eigenvalue weighted by atomic mass is 9.98. The molecule has 0 amide bonds. The highest BCUT2D eigenvalue weighted by Gasteiger charge is 2.17. The van der Waals surface area contributed by atoms with Gasteiger partial charge in [-0.3, -0.25) is 10.1 Å². The maximum Gasteiger partial charge on any atom is 0.269 e. The largest absolute Gasteiger partial charge is 0.333 e. The van der Waals surface area contributed by atoms with Gasteiger partial charge in [-0.05, 0) is 12.1 Å². The van der Waals surface area contributed by atoms with E-state index >= 15 is 0 Å². The molecule has 0 radical (unpaired) electrons. The molecular formula is C20H19N2O2+. The Kier molecular flexibility index (Phi) is 4.99. The molecule has 24 heavy (non-hydrogen) atoms. The van der Waals surface area contributed by atoms with Crippen molar-refractivity contribution in [1.82, 2.24) is 0 Å². The predicted molar refractivity (Wildman–Crippen MR) is 93.5 cm³/mol. The van der Waals surface area contributed by atoms with Crippen LogP contribution in [0.3, 0.4) is 0 Å². The maximum atomic E-state index is 10.7. The van der Waals surface area contributed by atoms with Crippen molar-refractivity contribution < 1.29 is 10.2 Å². The molecule has 0 aliphatic heterocycles. The predicted octanol–water partition coefficient (Wildman–Crippen LogP) is 3.45. The molecule has 0 spiro atoms. The number of quaternary nitrogens is 1. The van der Waals surface area contributed by atoms with Crippen LogP contribution in [0.25, 0.3) is 0 Å². The molecule has 4 nitrogen and oxygen atoms in total. The van der Waals surface area contributed by atoms with E-state index in [2.05, 4.69) is 29.6 Å². The van der Waals surface area contributed by atoms with Crippen molar-refractivity contribution in [2.75, 3.05) is 0 Å². The van der Waals surface area contributed by atoms with Crippen molar-refractivity contribution in [3.05, 3.63) is 112 Å². The lowest BCUT2D eigenvalue weighted by molar-refractivity contribution is -0.702. The highest BCUT2D eigenvalue weighted by atomic mass is 16.6. The van der Waals surface area contributed by atoms with E-state index in [9.17, 15) is 10.1 Å². The van der Waals surface area contributed by atoms with Crippen LogP contribution < -0.4 is 5.32 Å². The molecule has 2 N–H and O–H groups in total. The molecule has 4 heteroatoms. The van der Waals surface area contributed by atoms with E-state index < -0.39 is 0 Å². The fourth-order valence-corrected chi connectivity index (χ4v) is 2.79. The van der Waals surface area contributed by atoms with Gasteiger partial charge in [0.1, 0.15) is 12.6 Å². The van der Waals surface area contributed by atoms with Crippen molar-refractivity contribution in [3.8, 4) is 0 Å². The third-order valence-corrected chi connectivity index (χ3v) is 4.05. The minimum absolute atomic E-state index is 0.126. The number of hydrogen-bond donors (Lipinski definition) is 1. The van der Waals surface area contributed by atoms with E-state index in [0.29, 0.717) is 0 Å². The van der Waals surface area contributed by atoms with E-state index in [0.717, 1.165) is 12.1 Å². The van der Waals surface area contributed by atoms with Gasteiger partial charge >= 0.3 is 0 Å². The minimum Gasteiger partial charge on any atom is -0.333 e. The van der Waals surface area contributed by atoms with Crippen molar-refractivity contribution in [2.45, 2.75) is 12.6 Å². The molecule has 0 fully saturated rings. The summed E-state index contributed by atoms with van der Waals surface area (Å²) in [5.74, 6) is 0. The van der Waals surface area contributed by atoms with Gasteiger partial charge in [0, 0.05) is 28.8 Å². The second-order valence-electron chi connectivity index (χ2n) is 5.66. The van der Waals surface area contributed by atoms with Gasteiger partial charge < -0.3 is 5.32 Å². The smallest absolute Gasteiger partial charge is 0.269 e. The van der Waals surface area contributed by atoms with E-state index in [-0.39, 0.29) is 16.7 Å². The summed E-state index contributed by atoms with van der Waals surface area (Å²) in [5.41, 5.74) is 3.68. The van der Waals surface area contributed by atoms with Crippen LogP contribution in [0.4, 0.5) is 5.69 Å². The standard InChI is InChI=1S/C20H18N2O2/c23-22(24)19-13-11-16(12-14-19)15-21-20(17-7-3-1-4-8-17)18-9-5-2-6-10-18/h1-14,20-21H,15H2/p+1. The minimum atomic E-state index is -0.371. The van der Waals surface area contributed by atoms with Crippen molar-refractivity contribution in [2.24, 2.45) is 0 Å². The molecule has 3 rings (SSSR count). The third kappa shape index (κ3) is 3.86. The SMILES string of the molecule is O=[N+]([O-])c1ccc(C[NH2+]C(c2ccccc2)c2ccccc2)cc1. The second-order valence-corrected chi connectivity index (χ2v) is 5.66. The Balaban J connectivity index is 1.79. The molecule has 0 aliphatic rings. The molecule has 0 unspecified atom stereocenters. The Morgan fingerprint density at radius 2 is 1.29 bits per heavy atom. The van der Waals surface area contributed by atoms with Gasteiger partial charge in [0.05, 0.1) is 4.92 Å². The zero-order valence-electron chi connectivity index (χ0n) is 13.2. The Morgan fingerprint density at radius 1 is 0.792 bits per heavy atom. The number of nitro groups is 1. The van der Waals surface area contributed by atoms with Crippen LogP contribution in [0, 0.1) is 10.1 Å². The summed E-state index contributed by atoms with van der Waals surface area (Å²) in [4.78, 5) is 10.4. The number of hydrogen-bond acceptors (Lipinski definition) is 2. The highest BCUT2D eigenvalue weighted by molar-refractivity contribution is 5.33. The number of non-ortho nitro benzene ring substituents is 1. The Morgan fingerprint density at radius 3 is 1.75 bits per heavy atom. The van der Waals surface area contributed by atoms with Gasteiger partial charge in [-0.15, -0.1) is 0 Å². The normalized spacial score (nSPS) is 10.7. The van der Waals surface area contributed by atoms with E-state index in [1.807, 2.05) is 48.5 Å². The summed E-state index contributed by atoms with van der Waals surface area (Å²) in [6.45, 7) is 0.756. The fraction of sp³-hybridized carbons (Fsp3) is 0.100. The Bertz CT molecular complexity index is 747. The van der Waals surface area contributed by atoms with Crippen LogP contribution in [-0.4, -0.2) is 4.92 Å². The zero-order chi connectivity index (χ0) is 16.8. The summed E-state index contributed by atoms with van der Waals surface area (Å²) < 4.78 is 0. The Labute approximate surface area is 140 Å². The molecule has 0 atom stereocenters. The summed E-state index contributed by atoms with van der Waals surface area (Å²) in [6.07, 6.45) is 0. The summed E-state index contributed by atoms with van der Waals surface area (Å²) >= 11 is 0. The molecule has 3 aromatic carbocycles. The van der Waals surface area contributed by atoms with Gasteiger partial charge in [-0.1, -0.05) is 60.7 Å². The van der Waals surface area contributed by atoms with Gasteiger partial charge in [0.2, 0.25) is 0 Å². The van der Waals surface area contributed by atoms with Gasteiger partial charge in [-0.2, -0.15) is 0 Å². The lowest BCUT2D eigenvalue weighted by Gasteiger charge is -2.16. The van der Waals surface area contributed by atoms with Crippen LogP contribution in [0.15, 0.2) is 84.9 Å². The second kappa shape index (κ2) is 7.53. The van der Waals surface area contributed by atoms with Crippen LogP contribution in [-0.2, 0) is 6.54 Å². The molecule has 120 valence electrons. The lowest BCUT2D eigenvalue weighted by Crippen LogP contribution is -2.83. The zero-order valence-corrected chi connectivity index (χ0v) is 13.2. The fourth-order valence-electron chi connectivity index (χ4n) is 2.79. The number of benzene rings is 3. The molecule has 0 aliphatic carbocycles. The van der Waals surface area contributed by atoms with E-state index in [1.165, 1.54) is 11.1 Å². The van der Waals surface area contributed by atoms with Crippen molar-refractivity contribution >= 4 is 5.69 Å². The first-order valence-electron chi connectivity index (χ1n) is 7.90. The first-order chi connectivity index (χ1) is 11.7. The molecule has 0 heterocycles. The van der Waals surface area contributed by atoms with Gasteiger partial charge in [0.15, 0.2) is 0 Å². The van der Waals surface area contributed by atoms with Crippen LogP contribution in [0.2, 0.25) is 0 Å². The molecule has 0 aromatic heterocycles. The van der Waals surface area contributed by atoms with Crippen molar-refractivity contribution in [3.63, 3.8) is 0 Å². The maximum absolute atomic E-state index is 10.7. The van der Waals surface area contributed by atoms with E-state index in [4.69, 9.17) is 0 Å². The van der Waals surface area contributed by atoms with Crippen molar-refractivity contribution in [1.29, 1.82) is 0 Å². The average Bonchev–Trinajstić information content (AvgIpc) is 2.64. The van der Waals surface area contributed by atoms with Gasteiger partial charge in [0.25, 0.3) is 5.69 Å². The highest BCUT2D eigenvalue weighted by Crippen LogP contribution is 2.18. The van der Waals surface area contributed by atoms with Gasteiger partial charge in [-0.25, -0.2) is 0 Å². The molecule has 3 aromatic rings. The summed E-state index contributed by atoms with van der Waals surface area (Å²) in [7, 11) is 0. The number of rotatable bonds is 6. The third-order valence-electron chi connectivity index (χ3n) is 4.05.